The smallest absolute Gasteiger partial charge is 0.374 e. The van der Waals surface area contributed by atoms with Gasteiger partial charge in [0.2, 0.25) is 15.9 Å². The summed E-state index contributed by atoms with van der Waals surface area (Å²) < 4.78 is 72.2. The molecule has 0 aliphatic carbocycles. The summed E-state index contributed by atoms with van der Waals surface area (Å²) in [7, 11) is -4.32. The van der Waals surface area contributed by atoms with Crippen molar-refractivity contribution >= 4 is 15.9 Å². The van der Waals surface area contributed by atoms with Crippen molar-refractivity contribution < 1.29 is 31.1 Å². The van der Waals surface area contributed by atoms with E-state index in [9.17, 15) is 26.4 Å². The van der Waals surface area contributed by atoms with Gasteiger partial charge in [0.25, 0.3) is 0 Å². The molecule has 0 saturated carbocycles. The van der Waals surface area contributed by atoms with Crippen molar-refractivity contribution in [3.05, 3.63) is 65.2 Å². The second-order valence-electron chi connectivity index (χ2n) is 8.57. The number of carbonyl (C=O) groups is 1. The van der Waals surface area contributed by atoms with Crippen molar-refractivity contribution in [3.8, 4) is 0 Å². The van der Waals surface area contributed by atoms with Crippen LogP contribution in [-0.4, -0.2) is 37.8 Å². The Morgan fingerprint density at radius 2 is 1.65 bits per heavy atom. The average Bonchev–Trinajstić information content (AvgIpc) is 2.81. The van der Waals surface area contributed by atoms with E-state index in [-0.39, 0.29) is 37.9 Å². The molecule has 0 unspecified atom stereocenters. The number of nitrogens with one attached hydrogen (secondary N) is 1. The van der Waals surface area contributed by atoms with Crippen LogP contribution in [0, 0.1) is 5.92 Å². The summed E-state index contributed by atoms with van der Waals surface area (Å²) in [6, 6.07) is 11.9. The molecule has 2 aromatic rings. The summed E-state index contributed by atoms with van der Waals surface area (Å²) >= 11 is 0. The minimum atomic E-state index is -4.78. The zero-order chi connectivity index (χ0) is 24.9. The fraction of sp³-hybridized carbons (Fsp3) is 0.458. The summed E-state index contributed by atoms with van der Waals surface area (Å²) in [5, 5.41) is 2.87. The minimum Gasteiger partial charge on any atom is -0.374 e. The van der Waals surface area contributed by atoms with Gasteiger partial charge in [0, 0.05) is 25.6 Å². The Morgan fingerprint density at radius 3 is 2.24 bits per heavy atom. The first-order valence-corrected chi connectivity index (χ1v) is 12.6. The summed E-state index contributed by atoms with van der Waals surface area (Å²) in [4.78, 5) is 11.8. The quantitative estimate of drug-likeness (QED) is 0.587. The number of nitrogens with zero attached hydrogens (tertiary/aromatic N) is 1. The lowest BCUT2D eigenvalue weighted by Gasteiger charge is -2.31. The van der Waals surface area contributed by atoms with Crippen LogP contribution in [0.4, 0.5) is 13.2 Å². The van der Waals surface area contributed by atoms with Crippen molar-refractivity contribution in [2.75, 3.05) is 13.1 Å². The predicted molar refractivity (Wildman–Crippen MR) is 121 cm³/mol. The predicted octanol–water partition coefficient (Wildman–Crippen LogP) is 4.35. The molecular formula is C24H29F3N2O4S. The van der Waals surface area contributed by atoms with E-state index < -0.39 is 32.6 Å². The van der Waals surface area contributed by atoms with E-state index in [1.165, 1.54) is 6.07 Å². The molecule has 0 radical (unpaired) electrons. The normalized spacial score (nSPS) is 16.1. The third kappa shape index (κ3) is 6.58. The molecule has 1 aliphatic heterocycles. The number of benzene rings is 2. The highest BCUT2D eigenvalue weighted by Gasteiger charge is 2.40. The standard InChI is InChI=1S/C24H29F3N2O4S/c1-17(2)33-16-19-9-7-18(8-10-19)15-28-23(30)20-11-13-29(14-12-20)34(31,32)22-6-4-3-5-21(22)24(25,26)27/h3-10,17,20H,11-16H2,1-2H3,(H,28,30). The van der Waals surface area contributed by atoms with E-state index >= 15 is 0 Å². The lowest BCUT2D eigenvalue weighted by atomic mass is 9.97. The SMILES string of the molecule is CC(C)OCc1ccc(CNC(=O)C2CCN(S(=O)(=O)c3ccccc3C(F)(F)F)CC2)cc1. The lowest BCUT2D eigenvalue weighted by molar-refractivity contribution is -0.139. The van der Waals surface area contributed by atoms with Gasteiger partial charge < -0.3 is 10.1 Å². The highest BCUT2D eigenvalue weighted by atomic mass is 32.2. The zero-order valence-electron chi connectivity index (χ0n) is 19.1. The van der Waals surface area contributed by atoms with E-state index in [0.29, 0.717) is 13.2 Å². The highest BCUT2D eigenvalue weighted by molar-refractivity contribution is 7.89. The number of carbonyl (C=O) groups excluding carboxylic acids is 1. The number of halogens is 3. The van der Waals surface area contributed by atoms with E-state index in [2.05, 4.69) is 5.32 Å². The van der Waals surface area contributed by atoms with Crippen LogP contribution in [0.1, 0.15) is 43.4 Å². The van der Waals surface area contributed by atoms with Crippen LogP contribution < -0.4 is 5.32 Å². The van der Waals surface area contributed by atoms with E-state index in [1.807, 2.05) is 38.1 Å². The average molecular weight is 499 g/mol. The molecule has 34 heavy (non-hydrogen) atoms. The molecule has 1 heterocycles. The maximum atomic E-state index is 13.3. The summed E-state index contributed by atoms with van der Waals surface area (Å²) in [5.41, 5.74) is 0.770. The van der Waals surface area contributed by atoms with Gasteiger partial charge in [-0.05, 0) is 49.9 Å². The summed E-state index contributed by atoms with van der Waals surface area (Å²) in [6.45, 7) is 4.74. The molecule has 0 aromatic heterocycles. The number of ether oxygens (including phenoxy) is 1. The molecule has 0 bridgehead atoms. The fourth-order valence-electron chi connectivity index (χ4n) is 3.77. The zero-order valence-corrected chi connectivity index (χ0v) is 20.0. The molecule has 0 atom stereocenters. The van der Waals surface area contributed by atoms with E-state index in [4.69, 9.17) is 4.74 Å². The Morgan fingerprint density at radius 1 is 1.06 bits per heavy atom. The molecule has 6 nitrogen and oxygen atoms in total. The van der Waals surface area contributed by atoms with Crippen molar-refractivity contribution in [1.82, 2.24) is 9.62 Å². The Bertz CT molecular complexity index is 1080. The number of alkyl halides is 3. The Balaban J connectivity index is 1.54. The second kappa shape index (κ2) is 10.9. The third-order valence-corrected chi connectivity index (χ3v) is 7.66. The maximum Gasteiger partial charge on any atom is 0.417 e. The maximum absolute atomic E-state index is 13.3. The van der Waals surface area contributed by atoms with Crippen LogP contribution >= 0.6 is 0 Å². The third-order valence-electron chi connectivity index (χ3n) is 5.71. The van der Waals surface area contributed by atoms with Crippen LogP contribution in [0.25, 0.3) is 0 Å². The van der Waals surface area contributed by atoms with E-state index in [1.54, 1.807) is 0 Å². The van der Waals surface area contributed by atoms with Gasteiger partial charge in [-0.15, -0.1) is 0 Å². The van der Waals surface area contributed by atoms with Crippen LogP contribution in [0.2, 0.25) is 0 Å². The first-order valence-electron chi connectivity index (χ1n) is 11.1. The fourth-order valence-corrected chi connectivity index (χ4v) is 5.45. The number of piperidine rings is 1. The Kier molecular flexibility index (Phi) is 8.38. The van der Waals surface area contributed by atoms with Gasteiger partial charge in [-0.3, -0.25) is 4.79 Å². The molecule has 1 amide bonds. The lowest BCUT2D eigenvalue weighted by Crippen LogP contribution is -2.43. The van der Waals surface area contributed by atoms with Crippen LogP contribution in [0.5, 0.6) is 0 Å². The van der Waals surface area contributed by atoms with Gasteiger partial charge in [0.1, 0.15) is 0 Å². The molecule has 2 aromatic carbocycles. The highest BCUT2D eigenvalue weighted by Crippen LogP contribution is 2.36. The Labute approximate surface area is 198 Å². The van der Waals surface area contributed by atoms with E-state index in [0.717, 1.165) is 33.6 Å². The number of hydrogen-bond acceptors (Lipinski definition) is 4. The van der Waals surface area contributed by atoms with Crippen molar-refractivity contribution in [3.63, 3.8) is 0 Å². The number of rotatable bonds is 8. The van der Waals surface area contributed by atoms with Crippen LogP contribution in [0.3, 0.4) is 0 Å². The largest absolute Gasteiger partial charge is 0.417 e. The van der Waals surface area contributed by atoms with Crippen LogP contribution in [0.15, 0.2) is 53.4 Å². The van der Waals surface area contributed by atoms with Crippen LogP contribution in [-0.2, 0) is 38.9 Å². The first-order chi connectivity index (χ1) is 16.0. The number of sulfonamides is 1. The number of amides is 1. The minimum absolute atomic E-state index is 0.0167. The van der Waals surface area contributed by atoms with Crippen molar-refractivity contribution in [2.45, 2.75) is 57.0 Å². The molecule has 0 spiro atoms. The number of hydrogen-bond donors (Lipinski definition) is 1. The molecular weight excluding hydrogens is 469 g/mol. The van der Waals surface area contributed by atoms with Gasteiger partial charge in [-0.1, -0.05) is 36.4 Å². The molecule has 1 saturated heterocycles. The topological polar surface area (TPSA) is 75.7 Å². The monoisotopic (exact) mass is 498 g/mol. The molecule has 10 heteroatoms. The molecule has 1 aliphatic rings. The molecule has 3 rings (SSSR count). The molecule has 1 fully saturated rings. The van der Waals surface area contributed by atoms with Gasteiger partial charge in [0.15, 0.2) is 0 Å². The first kappa shape index (κ1) is 26.2. The van der Waals surface area contributed by atoms with Crippen molar-refractivity contribution in [2.24, 2.45) is 5.92 Å². The molecule has 1 N–H and O–H groups in total. The second-order valence-corrected chi connectivity index (χ2v) is 10.5. The van der Waals surface area contributed by atoms with Gasteiger partial charge in [-0.25, -0.2) is 8.42 Å². The van der Waals surface area contributed by atoms with Gasteiger partial charge in [0.05, 0.1) is 23.2 Å². The summed E-state index contributed by atoms with van der Waals surface area (Å²) in [5.74, 6) is -0.594. The summed E-state index contributed by atoms with van der Waals surface area (Å²) in [6.07, 6.45) is -4.16. The Hall–Kier alpha value is -2.43. The van der Waals surface area contributed by atoms with Crippen molar-refractivity contribution in [1.29, 1.82) is 0 Å². The van der Waals surface area contributed by atoms with Gasteiger partial charge >= 0.3 is 6.18 Å². The van der Waals surface area contributed by atoms with Gasteiger partial charge in [-0.2, -0.15) is 17.5 Å². The molecule has 186 valence electrons.